The van der Waals surface area contributed by atoms with Crippen LogP contribution in [0.1, 0.15) is 17.1 Å². The van der Waals surface area contributed by atoms with Crippen LogP contribution in [0.15, 0.2) is 4.79 Å². The van der Waals surface area contributed by atoms with Crippen LogP contribution in [-0.2, 0) is 13.2 Å². The first-order valence-corrected chi connectivity index (χ1v) is 6.40. The molecule has 0 saturated carbocycles. The lowest BCUT2D eigenvalue weighted by Crippen LogP contribution is -2.28. The molecule has 0 unspecified atom stereocenters. The fraction of sp³-hybridized carbons (Fsp3) is 0.556. The largest absolute Gasteiger partial charge is 0.433 e. The molecule has 0 aliphatic carbocycles. The second-order valence-electron chi connectivity index (χ2n) is 2.99. The summed E-state index contributed by atoms with van der Waals surface area (Å²) in [5.41, 5.74) is -2.13. The highest BCUT2D eigenvalue weighted by Gasteiger charge is 2.36. The Morgan fingerprint density at radius 2 is 1.69 bits per heavy atom. The molecule has 0 aromatic carbocycles. The molecule has 0 radical (unpaired) electrons. The van der Waals surface area contributed by atoms with E-state index in [0.717, 1.165) is 11.5 Å². The Bertz CT molecular complexity index is 426. The fourth-order valence-corrected chi connectivity index (χ4v) is 1.10. The molecule has 0 bridgehead atoms. The van der Waals surface area contributed by atoms with E-state index in [9.17, 15) is 18.0 Å². The van der Waals surface area contributed by atoms with Crippen LogP contribution in [0.25, 0.3) is 0 Å². The van der Waals surface area contributed by atoms with Gasteiger partial charge in [0.05, 0.1) is 0 Å². The Hall–Kier alpha value is -0.600. The molecule has 1 aromatic rings. The van der Waals surface area contributed by atoms with Gasteiger partial charge in [-0.15, -0.1) is 0 Å². The van der Waals surface area contributed by atoms with Crippen LogP contribution in [-0.4, -0.2) is 14.5 Å². The van der Waals surface area contributed by atoms with Crippen LogP contribution in [0.2, 0.25) is 0 Å². The van der Waals surface area contributed by atoms with E-state index >= 15 is 0 Å². The van der Waals surface area contributed by atoms with Crippen LogP contribution < -0.4 is 5.56 Å². The lowest BCUT2D eigenvalue weighted by Gasteiger charge is -2.11. The minimum Gasteiger partial charge on any atom is -0.300 e. The summed E-state index contributed by atoms with van der Waals surface area (Å²) in [6, 6.07) is 0. The van der Waals surface area contributed by atoms with Crippen LogP contribution in [0, 0.1) is 13.8 Å². The van der Waals surface area contributed by atoms with Gasteiger partial charge in [-0.25, -0.2) is 4.98 Å². The third-order valence-corrected chi connectivity index (χ3v) is 2.01. The first-order valence-electron chi connectivity index (χ1n) is 4.24. The maximum atomic E-state index is 12.3. The second kappa shape index (κ2) is 5.65. The minimum absolute atomic E-state index is 0.0490. The van der Waals surface area contributed by atoms with E-state index in [1.807, 2.05) is 4.93 Å². The van der Waals surface area contributed by atoms with Crippen molar-refractivity contribution < 1.29 is 13.2 Å². The quantitative estimate of drug-likeness (QED) is 0.533. The van der Waals surface area contributed by atoms with Crippen molar-refractivity contribution in [1.29, 1.82) is 0 Å². The highest BCUT2D eigenvalue weighted by molar-refractivity contribution is 14.1. The molecule has 0 fully saturated rings. The summed E-state index contributed by atoms with van der Waals surface area (Å²) in [6.45, 7) is 2.48. The van der Waals surface area contributed by atoms with Crippen molar-refractivity contribution >= 4 is 22.6 Å². The van der Waals surface area contributed by atoms with E-state index in [-0.39, 0.29) is 11.4 Å². The van der Waals surface area contributed by atoms with Crippen LogP contribution in [0.4, 0.5) is 13.2 Å². The second-order valence-corrected chi connectivity index (χ2v) is 2.99. The minimum atomic E-state index is -4.57. The van der Waals surface area contributed by atoms with Gasteiger partial charge in [-0.05, 0) is 18.8 Å². The zero-order valence-corrected chi connectivity index (χ0v) is 11.5. The summed E-state index contributed by atoms with van der Waals surface area (Å²) in [5.74, 6) is 0.0490. The summed E-state index contributed by atoms with van der Waals surface area (Å²) < 4.78 is 38.1. The highest BCUT2D eigenvalue weighted by Crippen LogP contribution is 2.28. The third kappa shape index (κ3) is 3.19. The average molecular weight is 348 g/mol. The summed E-state index contributed by atoms with van der Waals surface area (Å²) in [6.07, 6.45) is -4.57. The van der Waals surface area contributed by atoms with Gasteiger partial charge < -0.3 is 0 Å². The van der Waals surface area contributed by atoms with Crippen molar-refractivity contribution in [3.8, 4) is 0 Å². The molecular weight excluding hydrogens is 336 g/mol. The van der Waals surface area contributed by atoms with Crippen molar-refractivity contribution in [3.63, 3.8) is 0 Å². The molecule has 0 spiro atoms. The highest BCUT2D eigenvalue weighted by atomic mass is 127. The first-order chi connectivity index (χ1) is 7.25. The lowest BCUT2D eigenvalue weighted by molar-refractivity contribution is -0.142. The van der Waals surface area contributed by atoms with E-state index in [2.05, 4.69) is 27.6 Å². The van der Waals surface area contributed by atoms with Gasteiger partial charge in [0.25, 0.3) is 5.56 Å². The molecule has 0 aliphatic rings. The summed E-state index contributed by atoms with van der Waals surface area (Å²) in [7, 11) is 1.39. The van der Waals surface area contributed by atoms with Gasteiger partial charge in [0.15, 0.2) is 5.69 Å². The van der Waals surface area contributed by atoms with Crippen LogP contribution in [0.5, 0.6) is 0 Å². The zero-order valence-electron chi connectivity index (χ0n) is 9.31. The Morgan fingerprint density at radius 3 is 2.06 bits per heavy atom. The monoisotopic (exact) mass is 348 g/mol. The van der Waals surface area contributed by atoms with E-state index in [1.54, 1.807) is 0 Å². The van der Waals surface area contributed by atoms with Gasteiger partial charge >= 0.3 is 6.18 Å². The Kier molecular flexibility index (Phi) is 5.43. The Balaban J connectivity index is 0.00000106. The molecule has 0 amide bonds. The number of aromatic nitrogens is 2. The smallest absolute Gasteiger partial charge is 0.300 e. The molecule has 1 rings (SSSR count). The van der Waals surface area contributed by atoms with Gasteiger partial charge in [-0.3, -0.25) is 9.36 Å². The number of alkyl halides is 4. The maximum absolute atomic E-state index is 12.3. The molecule has 1 heterocycles. The van der Waals surface area contributed by atoms with Crippen molar-refractivity contribution in [2.75, 3.05) is 4.93 Å². The number of aryl methyl sites for hydroxylation is 1. The molecule has 0 N–H and O–H groups in total. The summed E-state index contributed by atoms with van der Waals surface area (Å²) in [4.78, 5) is 16.6. The molecule has 3 nitrogen and oxygen atoms in total. The van der Waals surface area contributed by atoms with Crippen molar-refractivity contribution in [2.24, 2.45) is 7.05 Å². The number of hydrogen-bond donors (Lipinski definition) is 0. The predicted octanol–water partition coefficient (Wildman–Crippen LogP) is 2.47. The number of nitrogens with zero attached hydrogens (tertiary/aromatic N) is 2. The number of halogens is 4. The predicted molar refractivity (Wildman–Crippen MR) is 63.9 cm³/mol. The average Bonchev–Trinajstić information content (AvgIpc) is 2.21. The lowest BCUT2D eigenvalue weighted by atomic mass is 10.2. The van der Waals surface area contributed by atoms with E-state index in [4.69, 9.17) is 0 Å². The molecule has 92 valence electrons. The number of rotatable bonds is 0. The maximum Gasteiger partial charge on any atom is 0.433 e. The molecule has 0 aliphatic heterocycles. The Labute approximate surface area is 105 Å². The van der Waals surface area contributed by atoms with E-state index in [1.165, 1.54) is 14.0 Å². The topological polar surface area (TPSA) is 34.9 Å². The first kappa shape index (κ1) is 15.4. The molecule has 0 atom stereocenters. The SMILES string of the molecule is CI.Cc1c(C(F)(F)F)nc(C)n(C)c1=O. The van der Waals surface area contributed by atoms with Gasteiger partial charge in [-0.1, -0.05) is 22.6 Å². The number of hydrogen-bond acceptors (Lipinski definition) is 2. The van der Waals surface area contributed by atoms with Gasteiger partial charge in [0.2, 0.25) is 0 Å². The molecule has 7 heteroatoms. The fourth-order valence-electron chi connectivity index (χ4n) is 1.10. The molecule has 1 aromatic heterocycles. The van der Waals surface area contributed by atoms with Crippen LogP contribution in [0.3, 0.4) is 0 Å². The van der Waals surface area contributed by atoms with Crippen molar-refractivity contribution in [3.05, 3.63) is 27.4 Å². The zero-order chi connectivity index (χ0) is 13.1. The molecule has 16 heavy (non-hydrogen) atoms. The molecule has 0 saturated heterocycles. The van der Waals surface area contributed by atoms with Crippen LogP contribution >= 0.6 is 22.6 Å². The van der Waals surface area contributed by atoms with Gasteiger partial charge in [0, 0.05) is 12.6 Å². The van der Waals surface area contributed by atoms with Gasteiger partial charge in [-0.2, -0.15) is 13.2 Å². The summed E-state index contributed by atoms with van der Waals surface area (Å²) in [5, 5.41) is 0. The van der Waals surface area contributed by atoms with Gasteiger partial charge in [0.1, 0.15) is 5.82 Å². The van der Waals surface area contributed by atoms with Crippen molar-refractivity contribution in [2.45, 2.75) is 20.0 Å². The summed E-state index contributed by atoms with van der Waals surface area (Å²) >= 11 is 2.15. The molecular formula is C9H12F3IN2O. The normalized spacial score (nSPS) is 10.8. The van der Waals surface area contributed by atoms with E-state index in [0.29, 0.717) is 0 Å². The third-order valence-electron chi connectivity index (χ3n) is 2.01. The van der Waals surface area contributed by atoms with E-state index < -0.39 is 17.4 Å². The van der Waals surface area contributed by atoms with Crippen molar-refractivity contribution in [1.82, 2.24) is 9.55 Å². The Morgan fingerprint density at radius 1 is 1.25 bits per heavy atom. The standard InChI is InChI=1S/C8H9F3N2O.CH3I/c1-4-6(8(9,10)11)12-5(2)13(3)7(4)14;1-2/h1-3H3;1H3.